The van der Waals surface area contributed by atoms with Gasteiger partial charge in [-0.15, -0.1) is 0 Å². The molecule has 0 saturated heterocycles. The van der Waals surface area contributed by atoms with Gasteiger partial charge in [0.2, 0.25) is 0 Å². The van der Waals surface area contributed by atoms with Gasteiger partial charge in [-0.25, -0.2) is 14.2 Å². The van der Waals surface area contributed by atoms with Gasteiger partial charge in [0.05, 0.1) is 17.1 Å². The van der Waals surface area contributed by atoms with Crippen LogP contribution in [0, 0.1) is 12.7 Å². The van der Waals surface area contributed by atoms with E-state index in [0.717, 1.165) is 17.0 Å². The zero-order valence-corrected chi connectivity index (χ0v) is 18.3. The van der Waals surface area contributed by atoms with Gasteiger partial charge in [-0.2, -0.15) is 0 Å². The van der Waals surface area contributed by atoms with Crippen molar-refractivity contribution in [2.75, 3.05) is 5.32 Å². The maximum Gasteiger partial charge on any atom is 0.340 e. The van der Waals surface area contributed by atoms with E-state index in [9.17, 15) is 19.1 Å². The van der Waals surface area contributed by atoms with Crippen LogP contribution in [-0.2, 0) is 0 Å². The Morgan fingerprint density at radius 3 is 2.79 bits per heavy atom. The highest BCUT2D eigenvalue weighted by Crippen LogP contribution is 2.31. The zero-order valence-electron chi connectivity index (χ0n) is 18.3. The van der Waals surface area contributed by atoms with Crippen molar-refractivity contribution in [3.8, 4) is 11.5 Å². The Hall–Kier alpha value is -4.46. The van der Waals surface area contributed by atoms with Gasteiger partial charge >= 0.3 is 5.97 Å². The van der Waals surface area contributed by atoms with Crippen LogP contribution in [0.1, 0.15) is 34.5 Å². The smallest absolute Gasteiger partial charge is 0.340 e. The second kappa shape index (κ2) is 8.15. The molecule has 0 bridgehead atoms. The molecule has 3 aromatic heterocycles. The van der Waals surface area contributed by atoms with Gasteiger partial charge in [0.15, 0.2) is 11.2 Å². The van der Waals surface area contributed by atoms with Crippen LogP contribution in [0.2, 0.25) is 0 Å². The number of benzene rings is 2. The molecule has 34 heavy (non-hydrogen) atoms. The lowest BCUT2D eigenvalue weighted by molar-refractivity contribution is 0.0693. The maximum atomic E-state index is 14.2. The van der Waals surface area contributed by atoms with E-state index in [2.05, 4.69) is 15.3 Å². The van der Waals surface area contributed by atoms with Crippen molar-refractivity contribution < 1.29 is 18.7 Å². The third-order valence-corrected chi connectivity index (χ3v) is 5.73. The number of hydrogen-bond acceptors (Lipinski definition) is 5. The molecule has 0 aliphatic carbocycles. The molecule has 0 aliphatic heterocycles. The minimum atomic E-state index is -1.37. The fraction of sp³-hybridized carbons (Fsp3) is 0.115. The molecule has 5 rings (SSSR count). The van der Waals surface area contributed by atoms with E-state index < -0.39 is 23.4 Å². The number of H-pyrrole nitrogens is 1. The van der Waals surface area contributed by atoms with E-state index in [4.69, 9.17) is 4.42 Å². The first kappa shape index (κ1) is 21.4. The normalized spacial score (nSPS) is 12.2. The first-order valence-corrected chi connectivity index (χ1v) is 10.6. The molecule has 1 atom stereocenters. The largest absolute Gasteiger partial charge is 0.478 e. The summed E-state index contributed by atoms with van der Waals surface area (Å²) < 4.78 is 20.4. The van der Waals surface area contributed by atoms with E-state index in [1.54, 1.807) is 25.3 Å². The number of aromatic amines is 1. The summed E-state index contributed by atoms with van der Waals surface area (Å²) in [5, 5.41) is 13.8. The SMILES string of the molecule is Cc1cc([C@@H](C)Nc2cccc(F)c2C(=O)O)c2oc(-c3ccc4cc[nH]c4n3)cc(=O)c2c1. The number of pyridine rings is 1. The first-order valence-electron chi connectivity index (χ1n) is 10.6. The van der Waals surface area contributed by atoms with E-state index in [-0.39, 0.29) is 11.1 Å². The van der Waals surface area contributed by atoms with E-state index in [1.807, 2.05) is 25.1 Å². The summed E-state index contributed by atoms with van der Waals surface area (Å²) in [6.07, 6.45) is 1.78. The highest BCUT2D eigenvalue weighted by Gasteiger charge is 2.21. The van der Waals surface area contributed by atoms with E-state index in [1.165, 1.54) is 18.2 Å². The van der Waals surface area contributed by atoms with Gasteiger partial charge in [0.1, 0.15) is 28.3 Å². The van der Waals surface area contributed by atoms with E-state index >= 15 is 0 Å². The van der Waals surface area contributed by atoms with Crippen LogP contribution in [0.25, 0.3) is 33.5 Å². The molecule has 0 unspecified atom stereocenters. The van der Waals surface area contributed by atoms with Crippen molar-refractivity contribution in [2.45, 2.75) is 19.9 Å². The molecule has 0 fully saturated rings. The van der Waals surface area contributed by atoms with Gasteiger partial charge in [0.25, 0.3) is 0 Å². The number of fused-ring (bicyclic) bond motifs is 2. The summed E-state index contributed by atoms with van der Waals surface area (Å²) in [7, 11) is 0. The van der Waals surface area contributed by atoms with Gasteiger partial charge in [-0.3, -0.25) is 4.79 Å². The summed E-state index contributed by atoms with van der Waals surface area (Å²) in [6.45, 7) is 3.65. The molecular weight excluding hydrogens is 437 g/mol. The monoisotopic (exact) mass is 457 g/mol. The minimum Gasteiger partial charge on any atom is -0.478 e. The lowest BCUT2D eigenvalue weighted by atomic mass is 10.0. The summed E-state index contributed by atoms with van der Waals surface area (Å²) in [5.74, 6) is -1.90. The molecule has 2 aromatic carbocycles. The number of rotatable bonds is 5. The van der Waals surface area contributed by atoms with Gasteiger partial charge in [-0.05, 0) is 55.8 Å². The quantitative estimate of drug-likeness (QED) is 0.315. The second-order valence-electron chi connectivity index (χ2n) is 8.15. The number of carboxylic acids is 1. The highest BCUT2D eigenvalue weighted by atomic mass is 19.1. The Balaban J connectivity index is 1.64. The van der Waals surface area contributed by atoms with Crippen LogP contribution in [-0.4, -0.2) is 21.0 Å². The molecule has 0 aliphatic rings. The van der Waals surface area contributed by atoms with Gasteiger partial charge in [0, 0.05) is 23.2 Å². The average molecular weight is 457 g/mol. The molecule has 170 valence electrons. The number of nitrogens with zero attached hydrogens (tertiary/aromatic N) is 1. The number of nitrogens with one attached hydrogen (secondary N) is 2. The Kier molecular flexibility index (Phi) is 5.13. The second-order valence-corrected chi connectivity index (χ2v) is 8.15. The topological polar surface area (TPSA) is 108 Å². The Morgan fingerprint density at radius 2 is 2.00 bits per heavy atom. The van der Waals surface area contributed by atoms with Crippen molar-refractivity contribution in [1.82, 2.24) is 9.97 Å². The van der Waals surface area contributed by atoms with E-state index in [0.29, 0.717) is 33.6 Å². The number of anilines is 1. The number of aromatic carboxylic acids is 1. The third kappa shape index (κ3) is 3.69. The Bertz CT molecular complexity index is 1640. The minimum absolute atomic E-state index is 0.132. The van der Waals surface area contributed by atoms with Crippen molar-refractivity contribution in [3.05, 3.63) is 93.5 Å². The Labute approximate surface area is 192 Å². The molecule has 7 nitrogen and oxygen atoms in total. The van der Waals surface area contributed by atoms with Crippen LogP contribution < -0.4 is 10.7 Å². The number of carbonyl (C=O) groups is 1. The number of aryl methyl sites for hydroxylation is 1. The molecule has 0 saturated carbocycles. The summed E-state index contributed by atoms with van der Waals surface area (Å²) in [6, 6.07) is 14.1. The molecule has 3 heterocycles. The molecule has 0 radical (unpaired) electrons. The molecule has 8 heteroatoms. The lowest BCUT2D eigenvalue weighted by Gasteiger charge is -2.19. The molecule has 3 N–H and O–H groups in total. The van der Waals surface area contributed by atoms with Crippen LogP contribution in [0.5, 0.6) is 0 Å². The van der Waals surface area contributed by atoms with Crippen LogP contribution in [0.15, 0.2) is 70.0 Å². The number of aromatic nitrogens is 2. The average Bonchev–Trinajstić information content (AvgIpc) is 3.26. The van der Waals surface area contributed by atoms with Crippen molar-refractivity contribution in [1.29, 1.82) is 0 Å². The number of hydrogen-bond donors (Lipinski definition) is 3. The summed E-state index contributed by atoms with van der Waals surface area (Å²) >= 11 is 0. The molecule has 0 amide bonds. The van der Waals surface area contributed by atoms with Gasteiger partial charge in [-0.1, -0.05) is 12.1 Å². The van der Waals surface area contributed by atoms with Crippen molar-refractivity contribution >= 4 is 33.7 Å². The highest BCUT2D eigenvalue weighted by molar-refractivity contribution is 5.94. The number of halogens is 1. The molecular formula is C26H20FN3O4. The van der Waals surface area contributed by atoms with Crippen molar-refractivity contribution in [2.24, 2.45) is 0 Å². The lowest BCUT2D eigenvalue weighted by Crippen LogP contribution is -2.13. The first-order chi connectivity index (χ1) is 16.3. The fourth-order valence-corrected chi connectivity index (χ4v) is 4.12. The predicted octanol–water partition coefficient (Wildman–Crippen LogP) is 5.66. The maximum absolute atomic E-state index is 14.2. The Morgan fingerprint density at radius 1 is 1.18 bits per heavy atom. The number of carboxylic acid groups (broad SMARTS) is 1. The molecule has 5 aromatic rings. The van der Waals surface area contributed by atoms with Crippen LogP contribution >= 0.6 is 0 Å². The predicted molar refractivity (Wildman–Crippen MR) is 128 cm³/mol. The summed E-state index contributed by atoms with van der Waals surface area (Å²) in [4.78, 5) is 32.2. The standard InChI is InChI=1S/C26H20FN3O4/c1-13-10-16(14(2)29-20-5-3-4-18(27)23(20)26(32)33)24-17(11-13)21(31)12-22(34-24)19-7-6-15-8-9-28-25(15)30-19/h3-12,14,29H,1-2H3,(H,28,30)(H,32,33)/t14-/m1/s1. The fourth-order valence-electron chi connectivity index (χ4n) is 4.12. The van der Waals surface area contributed by atoms with Gasteiger partial charge < -0.3 is 19.8 Å². The molecule has 0 spiro atoms. The van der Waals surface area contributed by atoms with Crippen LogP contribution in [0.3, 0.4) is 0 Å². The zero-order chi connectivity index (χ0) is 24.0. The third-order valence-electron chi connectivity index (χ3n) is 5.73. The van der Waals surface area contributed by atoms with Crippen molar-refractivity contribution in [3.63, 3.8) is 0 Å². The summed E-state index contributed by atoms with van der Waals surface area (Å²) in [5.41, 5.74) is 2.46. The van der Waals surface area contributed by atoms with Crippen LogP contribution in [0.4, 0.5) is 10.1 Å².